The number of alkyl halides is 3. The number of aryl methyl sites for hydroxylation is 3. The van der Waals surface area contributed by atoms with Crippen LogP contribution in [0.2, 0.25) is 0 Å². The highest BCUT2D eigenvalue weighted by Gasteiger charge is 2.59. The van der Waals surface area contributed by atoms with Gasteiger partial charge in [-0.05, 0) is 48.4 Å². The summed E-state index contributed by atoms with van der Waals surface area (Å²) in [6.07, 6.45) is -1.80. The molecule has 2 atom stereocenters. The first-order valence-corrected chi connectivity index (χ1v) is 12.7. The molecule has 6 rings (SSSR count). The Kier molecular flexibility index (Phi) is 5.78. The quantitative estimate of drug-likeness (QED) is 0.533. The van der Waals surface area contributed by atoms with Gasteiger partial charge < -0.3 is 9.64 Å². The number of imide groups is 1. The van der Waals surface area contributed by atoms with Gasteiger partial charge in [0.15, 0.2) is 0 Å². The lowest BCUT2D eigenvalue weighted by molar-refractivity contribution is -0.192. The summed E-state index contributed by atoms with van der Waals surface area (Å²) in [6, 6.07) is 8.71. The molecule has 39 heavy (non-hydrogen) atoms. The molecule has 1 fully saturated rings. The van der Waals surface area contributed by atoms with Crippen LogP contribution in [0.15, 0.2) is 48.8 Å². The van der Waals surface area contributed by atoms with Crippen LogP contribution in [0.4, 0.5) is 18.0 Å². The highest BCUT2D eigenvalue weighted by Crippen LogP contribution is 2.46. The average molecular weight is 539 g/mol. The number of nitrogens with zero attached hydrogens (tertiary/aromatic N) is 3. The standard InChI is InChI=1S/C28H25F3N4O4/c1-16-2-3-20-14-34(23(28(29,30)31)7-5-17(20)10-16)24(36)15-35-25(37)27(39-26(35)38)9-8-19-11-18(4-6-22(19)27)21-12-32-33-13-21/h2-4,6,10-13,23H,5,7-9,14-15H2,1H3,(H,32,33)/t23-,27-/m0/s1. The fourth-order valence-corrected chi connectivity index (χ4v) is 5.95. The summed E-state index contributed by atoms with van der Waals surface area (Å²) in [5, 5.41) is 6.69. The van der Waals surface area contributed by atoms with E-state index in [-0.39, 0.29) is 25.8 Å². The normalized spacial score (nSPS) is 22.6. The molecule has 1 aromatic heterocycles. The lowest BCUT2D eigenvalue weighted by Crippen LogP contribution is -2.52. The molecule has 3 heterocycles. The summed E-state index contributed by atoms with van der Waals surface area (Å²) in [7, 11) is 0. The van der Waals surface area contributed by atoms with Crippen molar-refractivity contribution in [2.75, 3.05) is 6.54 Å². The summed E-state index contributed by atoms with van der Waals surface area (Å²) in [5.74, 6) is -1.69. The zero-order valence-corrected chi connectivity index (χ0v) is 21.0. The van der Waals surface area contributed by atoms with Gasteiger partial charge in [0.1, 0.15) is 12.6 Å². The first-order valence-electron chi connectivity index (χ1n) is 12.7. The van der Waals surface area contributed by atoms with Gasteiger partial charge >= 0.3 is 12.3 Å². The molecule has 1 N–H and O–H groups in total. The molecular formula is C28H25F3N4O4. The Morgan fingerprint density at radius 1 is 1.10 bits per heavy atom. The highest BCUT2D eigenvalue weighted by molar-refractivity contribution is 6.06. The van der Waals surface area contributed by atoms with Crippen LogP contribution in [-0.2, 0) is 39.3 Å². The first-order chi connectivity index (χ1) is 18.6. The third kappa shape index (κ3) is 4.16. The number of aromatic amines is 1. The Morgan fingerprint density at radius 3 is 2.67 bits per heavy atom. The summed E-state index contributed by atoms with van der Waals surface area (Å²) < 4.78 is 47.8. The summed E-state index contributed by atoms with van der Waals surface area (Å²) in [6.45, 7) is 0.769. The molecule has 202 valence electrons. The SMILES string of the molecule is Cc1ccc2c(c1)CC[C@@H](C(F)(F)F)N(C(=O)CN1C(=O)O[C@]3(CCc4cc(-c5cn[nH]c5)ccc43)C1=O)C2. The average Bonchev–Trinajstić information content (AvgIpc) is 3.56. The zero-order valence-electron chi connectivity index (χ0n) is 21.0. The Bertz CT molecular complexity index is 1490. The molecule has 1 spiro atoms. The van der Waals surface area contributed by atoms with Gasteiger partial charge in [0, 0.05) is 30.3 Å². The molecule has 1 saturated heterocycles. The lowest BCUT2D eigenvalue weighted by Gasteiger charge is -2.32. The topological polar surface area (TPSA) is 95.6 Å². The number of amides is 3. The van der Waals surface area contributed by atoms with Crippen LogP contribution in [0.25, 0.3) is 11.1 Å². The second-order valence-electron chi connectivity index (χ2n) is 10.3. The number of ether oxygens (including phenoxy) is 1. The number of hydrogen-bond acceptors (Lipinski definition) is 5. The predicted octanol–water partition coefficient (Wildman–Crippen LogP) is 4.41. The fraction of sp³-hybridized carbons (Fsp3) is 0.357. The Labute approximate surface area is 221 Å². The van der Waals surface area contributed by atoms with Crippen molar-refractivity contribution in [1.29, 1.82) is 0 Å². The Balaban J connectivity index is 1.26. The Hall–Kier alpha value is -4.15. The number of rotatable bonds is 3. The van der Waals surface area contributed by atoms with E-state index in [9.17, 15) is 27.6 Å². The number of fused-ring (bicyclic) bond motifs is 3. The van der Waals surface area contributed by atoms with Gasteiger partial charge in [-0.1, -0.05) is 42.0 Å². The molecule has 0 radical (unpaired) electrons. The van der Waals surface area contributed by atoms with E-state index in [1.165, 1.54) is 0 Å². The Morgan fingerprint density at radius 2 is 1.92 bits per heavy atom. The number of benzene rings is 2. The van der Waals surface area contributed by atoms with Gasteiger partial charge in [-0.25, -0.2) is 9.69 Å². The van der Waals surface area contributed by atoms with E-state index in [1.807, 2.05) is 19.1 Å². The van der Waals surface area contributed by atoms with E-state index >= 15 is 0 Å². The van der Waals surface area contributed by atoms with Crippen molar-refractivity contribution in [3.8, 4) is 11.1 Å². The minimum absolute atomic E-state index is 0.163. The molecule has 0 bridgehead atoms. The number of nitrogens with one attached hydrogen (secondary N) is 1. The van der Waals surface area contributed by atoms with Crippen molar-refractivity contribution < 1.29 is 32.3 Å². The van der Waals surface area contributed by atoms with Gasteiger partial charge in [-0.2, -0.15) is 18.3 Å². The monoisotopic (exact) mass is 538 g/mol. The van der Waals surface area contributed by atoms with Crippen LogP contribution in [0.3, 0.4) is 0 Å². The van der Waals surface area contributed by atoms with Gasteiger partial charge in [-0.3, -0.25) is 14.7 Å². The van der Waals surface area contributed by atoms with Gasteiger partial charge in [0.25, 0.3) is 5.91 Å². The summed E-state index contributed by atoms with van der Waals surface area (Å²) in [4.78, 5) is 41.2. The van der Waals surface area contributed by atoms with Crippen LogP contribution in [-0.4, -0.2) is 56.7 Å². The third-order valence-electron chi connectivity index (χ3n) is 7.95. The van der Waals surface area contributed by atoms with Crippen molar-refractivity contribution in [2.24, 2.45) is 0 Å². The molecule has 1 aliphatic carbocycles. The third-order valence-corrected chi connectivity index (χ3v) is 7.95. The molecular weight excluding hydrogens is 513 g/mol. The second-order valence-corrected chi connectivity index (χ2v) is 10.3. The van der Waals surface area contributed by atoms with Crippen molar-refractivity contribution >= 4 is 17.9 Å². The number of H-pyrrole nitrogens is 1. The maximum atomic E-state index is 14.1. The molecule has 3 aromatic rings. The molecule has 3 aliphatic rings. The van der Waals surface area contributed by atoms with Gasteiger partial charge in [0.2, 0.25) is 11.5 Å². The molecule has 0 saturated carbocycles. The van der Waals surface area contributed by atoms with Crippen LogP contribution < -0.4 is 0 Å². The van der Waals surface area contributed by atoms with Crippen molar-refractivity contribution in [2.45, 2.75) is 57.0 Å². The van der Waals surface area contributed by atoms with Crippen LogP contribution in [0, 0.1) is 6.92 Å². The van der Waals surface area contributed by atoms with Crippen molar-refractivity contribution in [1.82, 2.24) is 20.0 Å². The van der Waals surface area contributed by atoms with Gasteiger partial charge in [-0.15, -0.1) is 0 Å². The molecule has 0 unspecified atom stereocenters. The summed E-state index contributed by atoms with van der Waals surface area (Å²) in [5.41, 5.74) is 3.77. The zero-order chi connectivity index (χ0) is 27.5. The van der Waals surface area contributed by atoms with Gasteiger partial charge in [0.05, 0.1) is 6.20 Å². The molecule has 11 heteroatoms. The molecule has 2 aliphatic heterocycles. The van der Waals surface area contributed by atoms with E-state index in [4.69, 9.17) is 4.74 Å². The van der Waals surface area contributed by atoms with E-state index in [1.54, 1.807) is 36.7 Å². The number of carbonyl (C=O) groups excluding carboxylic acids is 3. The fourth-order valence-electron chi connectivity index (χ4n) is 5.95. The first kappa shape index (κ1) is 25.1. The van der Waals surface area contributed by atoms with E-state index in [0.29, 0.717) is 22.4 Å². The van der Waals surface area contributed by atoms with E-state index in [0.717, 1.165) is 32.7 Å². The molecule has 2 aromatic carbocycles. The molecule has 3 amide bonds. The highest BCUT2D eigenvalue weighted by atomic mass is 19.4. The minimum atomic E-state index is -4.67. The largest absolute Gasteiger partial charge is 0.427 e. The smallest absolute Gasteiger partial charge is 0.418 e. The number of halogens is 3. The number of hydrogen-bond donors (Lipinski definition) is 1. The maximum absolute atomic E-state index is 14.1. The van der Waals surface area contributed by atoms with Crippen LogP contribution >= 0.6 is 0 Å². The predicted molar refractivity (Wildman–Crippen MR) is 132 cm³/mol. The maximum Gasteiger partial charge on any atom is 0.418 e. The lowest BCUT2D eigenvalue weighted by atomic mass is 9.93. The minimum Gasteiger partial charge on any atom is -0.427 e. The van der Waals surface area contributed by atoms with Crippen molar-refractivity contribution in [3.05, 3.63) is 76.6 Å². The molecule has 8 nitrogen and oxygen atoms in total. The number of carbonyl (C=O) groups is 3. The van der Waals surface area contributed by atoms with Crippen LogP contribution in [0.5, 0.6) is 0 Å². The van der Waals surface area contributed by atoms with E-state index < -0.39 is 42.3 Å². The van der Waals surface area contributed by atoms with Crippen LogP contribution in [0.1, 0.15) is 40.7 Å². The van der Waals surface area contributed by atoms with E-state index in [2.05, 4.69) is 10.2 Å². The van der Waals surface area contributed by atoms with Crippen molar-refractivity contribution in [3.63, 3.8) is 0 Å². The summed E-state index contributed by atoms with van der Waals surface area (Å²) >= 11 is 0. The number of aromatic nitrogens is 2. The second kappa shape index (κ2) is 8.96.